The molecule has 0 bridgehead atoms. The van der Waals surface area contributed by atoms with Crippen molar-refractivity contribution >= 4 is 21.1 Å². The molecule has 2 N–H and O–H groups in total. The molecule has 0 spiro atoms. The van der Waals surface area contributed by atoms with Gasteiger partial charge in [0.2, 0.25) is 0 Å². The number of hydrogen-bond donors (Lipinski definition) is 2. The number of phenols is 1. The maximum absolute atomic E-state index is 13.0. The van der Waals surface area contributed by atoms with E-state index < -0.39 is 27.3 Å². The predicted molar refractivity (Wildman–Crippen MR) is 145 cm³/mol. The molecule has 0 aliphatic rings. The molecule has 10 heteroatoms. The maximum Gasteiger partial charge on any atom is 0.264 e. The largest absolute Gasteiger partial charge is 0.507 e. The second-order valence-electron chi connectivity index (χ2n) is 9.70. The Morgan fingerprint density at radius 3 is 2.47 bits per heavy atom. The van der Waals surface area contributed by atoms with Crippen molar-refractivity contribution in [2.24, 2.45) is 0 Å². The van der Waals surface area contributed by atoms with Crippen molar-refractivity contribution in [2.45, 2.75) is 51.7 Å². The molecule has 206 valence electrons. The summed E-state index contributed by atoms with van der Waals surface area (Å²) in [5.74, 6) is 0.409. The first kappa shape index (κ1) is 29.4. The zero-order chi connectivity index (χ0) is 28.1. The summed E-state index contributed by atoms with van der Waals surface area (Å²) in [5.41, 5.74) is 0.370. The lowest BCUT2D eigenvalue weighted by molar-refractivity contribution is -0.0338. The van der Waals surface area contributed by atoms with Gasteiger partial charge in [-0.05, 0) is 40.0 Å². The van der Waals surface area contributed by atoms with Gasteiger partial charge in [-0.15, -0.1) is 0 Å². The van der Waals surface area contributed by atoms with Crippen LogP contribution in [0.2, 0.25) is 0 Å². The topological polar surface area (TPSA) is 132 Å². The maximum atomic E-state index is 13.0. The number of hydrogen-bond acceptors (Lipinski definition) is 9. The van der Waals surface area contributed by atoms with Gasteiger partial charge in [-0.25, -0.2) is 0 Å². The summed E-state index contributed by atoms with van der Waals surface area (Å²) in [6, 6.07) is 12.1. The standard InChI is InChI=1S/C28H34O9S/c1-18(12-14-25(28(2,3)31)37-38(5,32)33)11-13-20-23(35-17-34-4)16-24-26(27(20)30)21(29)15-22(36-24)19-9-7-6-8-10-19/h6-11,15-16,25,30-31H,12-14,17H2,1-5H3/b18-11+/t25-/m1/s1. The van der Waals surface area contributed by atoms with Gasteiger partial charge in [0.25, 0.3) is 10.1 Å². The van der Waals surface area contributed by atoms with Gasteiger partial charge in [-0.3, -0.25) is 8.98 Å². The highest BCUT2D eigenvalue weighted by Crippen LogP contribution is 2.37. The highest BCUT2D eigenvalue weighted by molar-refractivity contribution is 7.86. The van der Waals surface area contributed by atoms with Gasteiger partial charge < -0.3 is 24.1 Å². The van der Waals surface area contributed by atoms with E-state index in [4.69, 9.17) is 18.1 Å². The summed E-state index contributed by atoms with van der Waals surface area (Å²) in [5, 5.41) is 21.5. The number of phenolic OH excluding ortho intramolecular Hbond substituents is 1. The van der Waals surface area contributed by atoms with E-state index in [0.29, 0.717) is 23.5 Å². The molecule has 0 radical (unpaired) electrons. The lowest BCUT2D eigenvalue weighted by Gasteiger charge is -2.28. The minimum Gasteiger partial charge on any atom is -0.507 e. The Hall–Kier alpha value is -3.18. The van der Waals surface area contributed by atoms with Crippen LogP contribution in [0.1, 0.15) is 39.2 Å². The van der Waals surface area contributed by atoms with Crippen molar-refractivity contribution in [3.63, 3.8) is 0 Å². The fourth-order valence-corrected chi connectivity index (χ4v) is 4.73. The molecule has 0 unspecified atom stereocenters. The van der Waals surface area contributed by atoms with Crippen molar-refractivity contribution in [3.8, 4) is 22.8 Å². The first-order valence-corrected chi connectivity index (χ1v) is 13.9. The third kappa shape index (κ3) is 7.67. The quantitative estimate of drug-likeness (QED) is 0.191. The van der Waals surface area contributed by atoms with Crippen molar-refractivity contribution in [2.75, 3.05) is 20.2 Å². The van der Waals surface area contributed by atoms with Crippen LogP contribution in [0.15, 0.2) is 63.3 Å². The van der Waals surface area contributed by atoms with Gasteiger partial charge in [0.1, 0.15) is 34.3 Å². The van der Waals surface area contributed by atoms with Crippen LogP contribution in [0.3, 0.4) is 0 Å². The Morgan fingerprint density at radius 2 is 1.87 bits per heavy atom. The molecule has 0 aliphatic carbocycles. The van der Waals surface area contributed by atoms with Crippen molar-refractivity contribution in [1.29, 1.82) is 0 Å². The third-order valence-electron chi connectivity index (χ3n) is 5.98. The normalized spacial score (nSPS) is 13.6. The average Bonchev–Trinajstić information content (AvgIpc) is 2.83. The van der Waals surface area contributed by atoms with E-state index in [0.717, 1.165) is 17.4 Å². The zero-order valence-electron chi connectivity index (χ0n) is 22.2. The number of aliphatic hydroxyl groups is 1. The average molecular weight is 547 g/mol. The molecule has 2 aromatic carbocycles. The van der Waals surface area contributed by atoms with E-state index in [-0.39, 0.29) is 36.4 Å². The van der Waals surface area contributed by atoms with Crippen molar-refractivity contribution in [1.82, 2.24) is 0 Å². The van der Waals surface area contributed by atoms with Crippen molar-refractivity contribution in [3.05, 3.63) is 69.9 Å². The van der Waals surface area contributed by atoms with Gasteiger partial charge in [-0.2, -0.15) is 8.42 Å². The zero-order valence-corrected chi connectivity index (χ0v) is 23.0. The Balaban J connectivity index is 1.94. The fraction of sp³-hybridized carbons (Fsp3) is 0.393. The summed E-state index contributed by atoms with van der Waals surface area (Å²) in [4.78, 5) is 13.0. The minimum atomic E-state index is -3.75. The van der Waals surface area contributed by atoms with Gasteiger partial charge in [0.15, 0.2) is 12.2 Å². The van der Waals surface area contributed by atoms with E-state index in [1.807, 2.05) is 43.3 Å². The molecule has 1 aromatic heterocycles. The summed E-state index contributed by atoms with van der Waals surface area (Å²) >= 11 is 0. The van der Waals surface area contributed by atoms with E-state index in [9.17, 15) is 23.4 Å². The molecule has 0 saturated heterocycles. The third-order valence-corrected chi connectivity index (χ3v) is 6.56. The first-order valence-electron chi connectivity index (χ1n) is 12.1. The summed E-state index contributed by atoms with van der Waals surface area (Å²) in [6.07, 6.45) is 2.74. The SMILES string of the molecule is COCOc1cc2oc(-c3ccccc3)cc(=O)c2c(O)c1C/C=C(\C)CC[C@@H](OS(C)(=O)=O)C(C)(C)O. The molecular weight excluding hydrogens is 512 g/mol. The number of rotatable bonds is 12. The number of benzene rings is 2. The smallest absolute Gasteiger partial charge is 0.264 e. The van der Waals surface area contributed by atoms with E-state index in [1.54, 1.807) is 6.07 Å². The predicted octanol–water partition coefficient (Wildman–Crippen LogP) is 4.53. The van der Waals surface area contributed by atoms with E-state index in [1.165, 1.54) is 27.0 Å². The fourth-order valence-electron chi connectivity index (χ4n) is 3.98. The van der Waals surface area contributed by atoms with E-state index in [2.05, 4.69) is 0 Å². The molecular formula is C28H34O9S. The Bertz CT molecular complexity index is 1450. The van der Waals surface area contributed by atoms with Crippen molar-refractivity contribution < 1.29 is 36.7 Å². The lowest BCUT2D eigenvalue weighted by Crippen LogP contribution is -2.39. The van der Waals surface area contributed by atoms with Crippen LogP contribution >= 0.6 is 0 Å². The summed E-state index contributed by atoms with van der Waals surface area (Å²) in [6.45, 7) is 4.74. The monoisotopic (exact) mass is 546 g/mol. The molecule has 1 atom stereocenters. The molecule has 3 aromatic rings. The molecule has 0 amide bonds. The molecule has 9 nitrogen and oxygen atoms in total. The van der Waals surface area contributed by atoms with Gasteiger partial charge in [-0.1, -0.05) is 42.0 Å². The second kappa shape index (κ2) is 12.1. The minimum absolute atomic E-state index is 0.0409. The molecule has 0 saturated carbocycles. The number of methoxy groups -OCH3 is 1. The highest BCUT2D eigenvalue weighted by atomic mass is 32.2. The molecule has 0 aliphatic heterocycles. The number of allylic oxidation sites excluding steroid dienone is 2. The van der Waals surface area contributed by atoms with Gasteiger partial charge in [0.05, 0.1) is 11.9 Å². The lowest BCUT2D eigenvalue weighted by atomic mass is 9.95. The first-order chi connectivity index (χ1) is 17.8. The van der Waals surface area contributed by atoms with Gasteiger partial charge >= 0.3 is 0 Å². The number of aromatic hydroxyl groups is 1. The number of fused-ring (bicyclic) bond motifs is 1. The van der Waals surface area contributed by atoms with Crippen LogP contribution in [0.4, 0.5) is 0 Å². The van der Waals surface area contributed by atoms with Crippen LogP contribution in [0, 0.1) is 0 Å². The molecule has 0 fully saturated rings. The van der Waals surface area contributed by atoms with Crippen LogP contribution in [0.5, 0.6) is 11.5 Å². The molecule has 3 rings (SSSR count). The molecule has 38 heavy (non-hydrogen) atoms. The van der Waals surface area contributed by atoms with Crippen LogP contribution in [-0.4, -0.2) is 50.5 Å². The Morgan fingerprint density at radius 1 is 1.18 bits per heavy atom. The van der Waals surface area contributed by atoms with Crippen LogP contribution in [0.25, 0.3) is 22.3 Å². The van der Waals surface area contributed by atoms with E-state index >= 15 is 0 Å². The van der Waals surface area contributed by atoms with Crippen LogP contribution < -0.4 is 10.2 Å². The van der Waals surface area contributed by atoms with Gasteiger partial charge in [0, 0.05) is 30.4 Å². The number of ether oxygens (including phenoxy) is 2. The Labute approximate surface area is 222 Å². The highest BCUT2D eigenvalue weighted by Gasteiger charge is 2.30. The second-order valence-corrected chi connectivity index (χ2v) is 11.3. The summed E-state index contributed by atoms with van der Waals surface area (Å²) in [7, 11) is -2.29. The Kier molecular flexibility index (Phi) is 9.37. The summed E-state index contributed by atoms with van der Waals surface area (Å²) < 4.78 is 45.0. The molecule has 1 heterocycles. The van der Waals surface area contributed by atoms with Crippen LogP contribution in [-0.2, 0) is 25.5 Å².